The van der Waals surface area contributed by atoms with Gasteiger partial charge in [0.25, 0.3) is 0 Å². The van der Waals surface area contributed by atoms with Crippen molar-refractivity contribution in [1.82, 2.24) is 14.5 Å². The van der Waals surface area contributed by atoms with E-state index in [-0.39, 0.29) is 30.1 Å². The van der Waals surface area contributed by atoms with E-state index in [2.05, 4.69) is 5.32 Å². The molecule has 1 atom stereocenters. The first kappa shape index (κ1) is 23.9. The minimum atomic E-state index is -3.61. The van der Waals surface area contributed by atoms with Gasteiger partial charge in [-0.05, 0) is 62.7 Å². The summed E-state index contributed by atoms with van der Waals surface area (Å²) in [4.78, 5) is 14.6. The molecule has 8 nitrogen and oxygen atoms in total. The monoisotopic (exact) mass is 461 g/mol. The van der Waals surface area contributed by atoms with Gasteiger partial charge in [-0.25, -0.2) is 13.2 Å². The minimum Gasteiger partial charge on any atom is -0.494 e. The fourth-order valence-electron chi connectivity index (χ4n) is 3.56. The molecule has 0 aliphatic carbocycles. The third kappa shape index (κ3) is 5.72. The van der Waals surface area contributed by atoms with E-state index in [4.69, 9.17) is 9.47 Å². The molecule has 1 aliphatic heterocycles. The van der Waals surface area contributed by atoms with Gasteiger partial charge in [-0.3, -0.25) is 0 Å². The summed E-state index contributed by atoms with van der Waals surface area (Å²) in [5.74, 6) is 1.40. The normalized spacial score (nSPS) is 15.8. The van der Waals surface area contributed by atoms with Crippen molar-refractivity contribution in [1.29, 1.82) is 0 Å². The third-order valence-electron chi connectivity index (χ3n) is 5.31. The van der Waals surface area contributed by atoms with E-state index in [0.717, 1.165) is 11.3 Å². The van der Waals surface area contributed by atoms with Crippen LogP contribution in [0.3, 0.4) is 0 Å². The maximum Gasteiger partial charge on any atom is 0.317 e. The molecule has 1 saturated heterocycles. The highest BCUT2D eigenvalue weighted by molar-refractivity contribution is 7.89. The van der Waals surface area contributed by atoms with Crippen LogP contribution in [0.25, 0.3) is 0 Å². The van der Waals surface area contributed by atoms with Crippen LogP contribution in [-0.2, 0) is 10.0 Å². The van der Waals surface area contributed by atoms with Crippen LogP contribution in [0.2, 0.25) is 0 Å². The van der Waals surface area contributed by atoms with E-state index in [1.807, 2.05) is 45.0 Å². The number of benzene rings is 2. The summed E-state index contributed by atoms with van der Waals surface area (Å²) in [6, 6.07) is 13.6. The van der Waals surface area contributed by atoms with Crippen LogP contribution in [0.4, 0.5) is 4.79 Å². The summed E-state index contributed by atoms with van der Waals surface area (Å²) < 4.78 is 38.2. The van der Waals surface area contributed by atoms with Gasteiger partial charge in [0.1, 0.15) is 11.5 Å². The molecule has 1 N–H and O–H groups in total. The number of rotatable bonds is 8. The van der Waals surface area contributed by atoms with Crippen LogP contribution in [-0.4, -0.2) is 63.0 Å². The highest BCUT2D eigenvalue weighted by atomic mass is 32.2. The molecular weight excluding hydrogens is 430 g/mol. The second-order valence-corrected chi connectivity index (χ2v) is 9.41. The van der Waals surface area contributed by atoms with Crippen LogP contribution < -0.4 is 14.8 Å². The van der Waals surface area contributed by atoms with Gasteiger partial charge in [-0.1, -0.05) is 12.1 Å². The van der Waals surface area contributed by atoms with Crippen molar-refractivity contribution in [2.45, 2.75) is 31.7 Å². The molecule has 0 bridgehead atoms. The summed E-state index contributed by atoms with van der Waals surface area (Å²) in [5.41, 5.74) is 0.945. The van der Waals surface area contributed by atoms with Gasteiger partial charge >= 0.3 is 6.03 Å². The molecule has 2 amide bonds. The van der Waals surface area contributed by atoms with Gasteiger partial charge in [-0.15, -0.1) is 0 Å². The molecule has 0 radical (unpaired) electrons. The molecular formula is C23H31N3O5S. The van der Waals surface area contributed by atoms with Crippen molar-refractivity contribution in [3.8, 4) is 11.5 Å². The number of amides is 2. The smallest absolute Gasteiger partial charge is 0.317 e. The maximum atomic E-state index is 12.9. The van der Waals surface area contributed by atoms with Gasteiger partial charge in [0.15, 0.2) is 0 Å². The third-order valence-corrected chi connectivity index (χ3v) is 7.22. The van der Waals surface area contributed by atoms with Crippen LogP contribution in [0.15, 0.2) is 53.4 Å². The molecule has 3 rings (SSSR count). The summed E-state index contributed by atoms with van der Waals surface area (Å²) in [6.07, 6.45) is 0. The quantitative estimate of drug-likeness (QED) is 0.652. The molecule has 2 aromatic carbocycles. The van der Waals surface area contributed by atoms with Crippen molar-refractivity contribution in [3.05, 3.63) is 54.1 Å². The summed E-state index contributed by atoms with van der Waals surface area (Å²) in [5, 5.41) is 2.99. The number of carbonyl (C=O) groups excluding carboxylic acids is 1. The fraction of sp³-hybridized carbons (Fsp3) is 0.435. The van der Waals surface area contributed by atoms with Gasteiger partial charge in [0, 0.05) is 26.2 Å². The molecule has 32 heavy (non-hydrogen) atoms. The standard InChI is InChI=1S/C23H31N3O5S/c1-4-30-20-9-11-22(12-10-20)32(28,29)26-15-13-25(14-16-26)23(27)24-18(3)19-7-6-8-21(17-19)31-5-2/h6-12,17-18H,4-5,13-16H2,1-3H3,(H,24,27). The first-order valence-corrected chi connectivity index (χ1v) is 12.3. The number of nitrogens with zero attached hydrogens (tertiary/aromatic N) is 2. The Morgan fingerprint density at radius 2 is 1.59 bits per heavy atom. The molecule has 0 spiro atoms. The second kappa shape index (κ2) is 10.7. The summed E-state index contributed by atoms with van der Waals surface area (Å²) >= 11 is 0. The molecule has 0 aromatic heterocycles. The Kier molecular flexibility index (Phi) is 7.98. The molecule has 2 aromatic rings. The molecule has 1 heterocycles. The lowest BCUT2D eigenvalue weighted by molar-refractivity contribution is 0.169. The lowest BCUT2D eigenvalue weighted by atomic mass is 10.1. The second-order valence-electron chi connectivity index (χ2n) is 7.47. The van der Waals surface area contributed by atoms with Gasteiger partial charge in [0.05, 0.1) is 24.2 Å². The highest BCUT2D eigenvalue weighted by Gasteiger charge is 2.30. The number of hydrogen-bond donors (Lipinski definition) is 1. The number of sulfonamides is 1. The van der Waals surface area contributed by atoms with Crippen molar-refractivity contribution < 1.29 is 22.7 Å². The molecule has 174 valence electrons. The lowest BCUT2D eigenvalue weighted by Crippen LogP contribution is -2.53. The van der Waals surface area contributed by atoms with Crippen molar-refractivity contribution in [2.24, 2.45) is 0 Å². The lowest BCUT2D eigenvalue weighted by Gasteiger charge is -2.34. The largest absolute Gasteiger partial charge is 0.494 e. The highest BCUT2D eigenvalue weighted by Crippen LogP contribution is 2.22. The van der Waals surface area contributed by atoms with E-state index < -0.39 is 10.0 Å². The van der Waals surface area contributed by atoms with Crippen LogP contribution in [0.5, 0.6) is 11.5 Å². The average molecular weight is 462 g/mol. The number of urea groups is 1. The van der Waals surface area contributed by atoms with Crippen LogP contribution >= 0.6 is 0 Å². The Hall–Kier alpha value is -2.78. The molecule has 1 unspecified atom stereocenters. The van der Waals surface area contributed by atoms with E-state index in [0.29, 0.717) is 32.1 Å². The zero-order chi connectivity index (χ0) is 23.1. The molecule has 1 aliphatic rings. The Balaban J connectivity index is 1.56. The summed E-state index contributed by atoms with van der Waals surface area (Å²) in [6.45, 7) is 7.96. The van der Waals surface area contributed by atoms with Crippen molar-refractivity contribution in [2.75, 3.05) is 39.4 Å². The Bertz CT molecular complexity index is 1000. The van der Waals surface area contributed by atoms with E-state index in [9.17, 15) is 13.2 Å². The number of hydrogen-bond acceptors (Lipinski definition) is 5. The number of nitrogens with one attached hydrogen (secondary N) is 1. The first-order valence-electron chi connectivity index (χ1n) is 10.9. The zero-order valence-corrected chi connectivity index (χ0v) is 19.6. The Morgan fingerprint density at radius 1 is 0.969 bits per heavy atom. The predicted molar refractivity (Wildman–Crippen MR) is 123 cm³/mol. The van der Waals surface area contributed by atoms with E-state index in [1.165, 1.54) is 4.31 Å². The van der Waals surface area contributed by atoms with Gasteiger partial charge in [-0.2, -0.15) is 4.31 Å². The van der Waals surface area contributed by atoms with Crippen LogP contribution in [0, 0.1) is 0 Å². The molecule has 1 fully saturated rings. The molecule has 0 saturated carbocycles. The van der Waals surface area contributed by atoms with Crippen molar-refractivity contribution >= 4 is 16.1 Å². The number of piperazine rings is 1. The Labute approximate surface area is 190 Å². The summed E-state index contributed by atoms with van der Waals surface area (Å²) in [7, 11) is -3.61. The number of ether oxygens (including phenoxy) is 2. The average Bonchev–Trinajstić information content (AvgIpc) is 2.80. The van der Waals surface area contributed by atoms with Gasteiger partial charge in [0.2, 0.25) is 10.0 Å². The first-order chi connectivity index (χ1) is 15.3. The number of carbonyl (C=O) groups is 1. The molecule has 9 heteroatoms. The predicted octanol–water partition coefficient (Wildman–Crippen LogP) is 3.26. The van der Waals surface area contributed by atoms with Crippen molar-refractivity contribution in [3.63, 3.8) is 0 Å². The Morgan fingerprint density at radius 3 is 2.22 bits per heavy atom. The van der Waals surface area contributed by atoms with E-state index >= 15 is 0 Å². The minimum absolute atomic E-state index is 0.200. The topological polar surface area (TPSA) is 88.2 Å². The fourth-order valence-corrected chi connectivity index (χ4v) is 4.98. The maximum absolute atomic E-state index is 12.9. The van der Waals surface area contributed by atoms with Crippen LogP contribution in [0.1, 0.15) is 32.4 Å². The van der Waals surface area contributed by atoms with E-state index in [1.54, 1.807) is 29.2 Å². The SMILES string of the molecule is CCOc1ccc(S(=O)(=O)N2CCN(C(=O)NC(C)c3cccc(OCC)c3)CC2)cc1. The zero-order valence-electron chi connectivity index (χ0n) is 18.8. The van der Waals surface area contributed by atoms with Gasteiger partial charge < -0.3 is 19.7 Å².